The molecule has 1 rings (SSSR count). The number of aliphatic hydroxyl groups is 1. The lowest BCUT2D eigenvalue weighted by Crippen LogP contribution is -2.20. The summed E-state index contributed by atoms with van der Waals surface area (Å²) >= 11 is 0. The van der Waals surface area contributed by atoms with Crippen LogP contribution in [0.3, 0.4) is 0 Å². The minimum Gasteiger partial charge on any atom is -0.496 e. The van der Waals surface area contributed by atoms with Crippen LogP contribution < -0.4 is 4.74 Å². The molecule has 0 aliphatic rings. The Bertz CT molecular complexity index is 402. The van der Waals surface area contributed by atoms with Gasteiger partial charge in [0.15, 0.2) is 0 Å². The average Bonchev–Trinajstić information content (AvgIpc) is 2.33. The SMILES string of the molecule is COc1c(C)cc(CN(C)CCCO)c(C)c1C. The maximum absolute atomic E-state index is 8.85. The van der Waals surface area contributed by atoms with Gasteiger partial charge in [0.1, 0.15) is 5.75 Å². The lowest BCUT2D eigenvalue weighted by molar-refractivity contribution is 0.244. The third-order valence-electron chi connectivity index (χ3n) is 3.48. The first kappa shape index (κ1) is 15.0. The van der Waals surface area contributed by atoms with Gasteiger partial charge in [-0.2, -0.15) is 0 Å². The minimum absolute atomic E-state index is 0.254. The van der Waals surface area contributed by atoms with Crippen molar-refractivity contribution in [2.45, 2.75) is 33.7 Å². The van der Waals surface area contributed by atoms with E-state index in [1.165, 1.54) is 22.3 Å². The zero-order valence-electron chi connectivity index (χ0n) is 12.2. The zero-order valence-corrected chi connectivity index (χ0v) is 12.2. The summed E-state index contributed by atoms with van der Waals surface area (Å²) in [6.07, 6.45) is 0.823. The van der Waals surface area contributed by atoms with E-state index in [2.05, 4.69) is 38.8 Å². The Labute approximate surface area is 110 Å². The molecule has 18 heavy (non-hydrogen) atoms. The molecule has 0 saturated carbocycles. The van der Waals surface area contributed by atoms with Crippen LogP contribution in [0.2, 0.25) is 0 Å². The Hall–Kier alpha value is -1.06. The number of methoxy groups -OCH3 is 1. The zero-order chi connectivity index (χ0) is 13.7. The molecule has 0 bridgehead atoms. The lowest BCUT2D eigenvalue weighted by atomic mass is 9.98. The third-order valence-corrected chi connectivity index (χ3v) is 3.48. The summed E-state index contributed by atoms with van der Waals surface area (Å²) in [7, 11) is 3.81. The summed E-state index contributed by atoms with van der Waals surface area (Å²) in [5.41, 5.74) is 5.05. The fraction of sp³-hybridized carbons (Fsp3) is 0.600. The summed E-state index contributed by atoms with van der Waals surface area (Å²) in [5, 5.41) is 8.85. The van der Waals surface area contributed by atoms with Gasteiger partial charge in [0.2, 0.25) is 0 Å². The summed E-state index contributed by atoms with van der Waals surface area (Å²) in [6, 6.07) is 2.20. The molecule has 0 radical (unpaired) electrons. The van der Waals surface area contributed by atoms with Crippen molar-refractivity contribution in [3.8, 4) is 5.75 Å². The van der Waals surface area contributed by atoms with Crippen molar-refractivity contribution in [3.05, 3.63) is 28.3 Å². The number of hydrogen-bond acceptors (Lipinski definition) is 3. The molecule has 0 amide bonds. The first-order valence-electron chi connectivity index (χ1n) is 6.44. The Morgan fingerprint density at radius 1 is 1.22 bits per heavy atom. The Morgan fingerprint density at radius 2 is 1.89 bits per heavy atom. The van der Waals surface area contributed by atoms with Crippen molar-refractivity contribution in [1.29, 1.82) is 0 Å². The van der Waals surface area contributed by atoms with Crippen LogP contribution in [0.15, 0.2) is 6.07 Å². The first-order chi connectivity index (χ1) is 8.51. The predicted molar refractivity (Wildman–Crippen MR) is 75.2 cm³/mol. The van der Waals surface area contributed by atoms with Crippen LogP contribution in [0.25, 0.3) is 0 Å². The summed E-state index contributed by atoms with van der Waals surface area (Å²) in [4.78, 5) is 2.24. The highest BCUT2D eigenvalue weighted by Gasteiger charge is 2.11. The number of ether oxygens (including phenoxy) is 1. The molecule has 1 aromatic carbocycles. The molecule has 102 valence electrons. The number of hydrogen-bond donors (Lipinski definition) is 1. The molecule has 0 spiro atoms. The van der Waals surface area contributed by atoms with Gasteiger partial charge in [-0.05, 0) is 56.5 Å². The smallest absolute Gasteiger partial charge is 0.124 e. The molecule has 0 fully saturated rings. The molecule has 3 heteroatoms. The minimum atomic E-state index is 0.254. The maximum atomic E-state index is 8.85. The highest BCUT2D eigenvalue weighted by atomic mass is 16.5. The van der Waals surface area contributed by atoms with Crippen molar-refractivity contribution in [1.82, 2.24) is 4.90 Å². The van der Waals surface area contributed by atoms with Gasteiger partial charge >= 0.3 is 0 Å². The van der Waals surface area contributed by atoms with E-state index >= 15 is 0 Å². The van der Waals surface area contributed by atoms with Gasteiger partial charge in [0.25, 0.3) is 0 Å². The van der Waals surface area contributed by atoms with Gasteiger partial charge in [0, 0.05) is 19.7 Å². The number of aryl methyl sites for hydroxylation is 1. The van der Waals surface area contributed by atoms with E-state index in [-0.39, 0.29) is 6.61 Å². The van der Waals surface area contributed by atoms with Crippen molar-refractivity contribution >= 4 is 0 Å². The molecule has 0 atom stereocenters. The lowest BCUT2D eigenvalue weighted by Gasteiger charge is -2.20. The van der Waals surface area contributed by atoms with Crippen molar-refractivity contribution in [2.75, 3.05) is 27.3 Å². The highest BCUT2D eigenvalue weighted by molar-refractivity contribution is 5.48. The van der Waals surface area contributed by atoms with Crippen molar-refractivity contribution < 1.29 is 9.84 Å². The molecular weight excluding hydrogens is 226 g/mol. The van der Waals surface area contributed by atoms with Crippen LogP contribution in [0.5, 0.6) is 5.75 Å². The van der Waals surface area contributed by atoms with Gasteiger partial charge in [-0.3, -0.25) is 0 Å². The normalized spacial score (nSPS) is 11.1. The van der Waals surface area contributed by atoms with E-state index in [4.69, 9.17) is 9.84 Å². The second kappa shape index (κ2) is 6.76. The molecular formula is C15H25NO2. The Balaban J connectivity index is 2.90. The standard InChI is InChI=1S/C15H25NO2/c1-11-9-14(10-16(4)7-6-8-17)12(2)13(3)15(11)18-5/h9,17H,6-8,10H2,1-5H3. The van der Waals surface area contributed by atoms with Gasteiger partial charge in [-0.25, -0.2) is 0 Å². The molecule has 0 saturated heterocycles. The largest absolute Gasteiger partial charge is 0.496 e. The average molecular weight is 251 g/mol. The van der Waals surface area contributed by atoms with Crippen LogP contribution >= 0.6 is 0 Å². The second-order valence-corrected chi connectivity index (χ2v) is 4.95. The van der Waals surface area contributed by atoms with Crippen LogP contribution in [-0.4, -0.2) is 37.3 Å². The van der Waals surface area contributed by atoms with E-state index in [0.717, 1.165) is 25.3 Å². The van der Waals surface area contributed by atoms with Crippen LogP contribution in [0.1, 0.15) is 28.7 Å². The number of nitrogens with zero attached hydrogens (tertiary/aromatic N) is 1. The maximum Gasteiger partial charge on any atom is 0.124 e. The van der Waals surface area contributed by atoms with Gasteiger partial charge in [-0.1, -0.05) is 6.07 Å². The third kappa shape index (κ3) is 3.47. The molecule has 0 aliphatic carbocycles. The Morgan fingerprint density at radius 3 is 2.44 bits per heavy atom. The predicted octanol–water partition coefficient (Wildman–Crippen LogP) is 2.43. The van der Waals surface area contributed by atoms with Crippen LogP contribution in [-0.2, 0) is 6.54 Å². The fourth-order valence-electron chi connectivity index (χ4n) is 2.33. The molecule has 0 heterocycles. The van der Waals surface area contributed by atoms with E-state index in [1.807, 2.05) is 0 Å². The molecule has 1 aromatic rings. The summed E-state index contributed by atoms with van der Waals surface area (Å²) in [5.74, 6) is 0.995. The second-order valence-electron chi connectivity index (χ2n) is 4.95. The topological polar surface area (TPSA) is 32.7 Å². The van der Waals surface area contributed by atoms with E-state index in [0.29, 0.717) is 0 Å². The highest BCUT2D eigenvalue weighted by Crippen LogP contribution is 2.29. The van der Waals surface area contributed by atoms with Gasteiger partial charge in [-0.15, -0.1) is 0 Å². The van der Waals surface area contributed by atoms with E-state index in [1.54, 1.807) is 7.11 Å². The van der Waals surface area contributed by atoms with Crippen LogP contribution in [0, 0.1) is 20.8 Å². The van der Waals surface area contributed by atoms with E-state index < -0.39 is 0 Å². The number of benzene rings is 1. The molecule has 3 nitrogen and oxygen atoms in total. The molecule has 1 N–H and O–H groups in total. The molecule has 0 aromatic heterocycles. The Kier molecular flexibility index (Phi) is 5.63. The molecule has 0 unspecified atom stereocenters. The monoisotopic (exact) mass is 251 g/mol. The van der Waals surface area contributed by atoms with Gasteiger partial charge < -0.3 is 14.7 Å². The first-order valence-corrected chi connectivity index (χ1v) is 6.44. The number of aliphatic hydroxyl groups excluding tert-OH is 1. The van der Waals surface area contributed by atoms with Gasteiger partial charge in [0.05, 0.1) is 7.11 Å². The molecule has 0 aliphatic heterocycles. The quantitative estimate of drug-likeness (QED) is 0.843. The van der Waals surface area contributed by atoms with Crippen LogP contribution in [0.4, 0.5) is 0 Å². The fourth-order valence-corrected chi connectivity index (χ4v) is 2.33. The van der Waals surface area contributed by atoms with E-state index in [9.17, 15) is 0 Å². The van der Waals surface area contributed by atoms with Crippen molar-refractivity contribution in [2.24, 2.45) is 0 Å². The summed E-state index contributed by atoms with van der Waals surface area (Å²) in [6.45, 7) is 8.43. The number of rotatable bonds is 6. The van der Waals surface area contributed by atoms with Crippen molar-refractivity contribution in [3.63, 3.8) is 0 Å². The summed E-state index contributed by atoms with van der Waals surface area (Å²) < 4.78 is 5.43.